The number of hydrogen-bond donors (Lipinski definition) is 0. The molecule has 1 saturated heterocycles. The molecule has 23 heavy (non-hydrogen) atoms. The van der Waals surface area contributed by atoms with Crippen LogP contribution >= 0.6 is 0 Å². The van der Waals surface area contributed by atoms with Crippen molar-refractivity contribution in [2.45, 2.75) is 77.2 Å². The molecule has 1 atom stereocenters. The topological polar surface area (TPSA) is 49.0 Å². The predicted octanol–water partition coefficient (Wildman–Crippen LogP) is 3.05. The number of nitrogens with zero attached hydrogens (tertiary/aromatic N) is 3. The van der Waals surface area contributed by atoms with Crippen LogP contribution in [-0.2, 0) is 17.7 Å². The van der Waals surface area contributed by atoms with Gasteiger partial charge in [0.2, 0.25) is 0 Å². The average Bonchev–Trinajstić information content (AvgIpc) is 2.94. The molecular weight excluding hydrogens is 290 g/mol. The Morgan fingerprint density at radius 2 is 2.04 bits per heavy atom. The third kappa shape index (κ3) is 2.24. The molecule has 0 N–H and O–H groups in total. The molecule has 0 saturated carbocycles. The van der Waals surface area contributed by atoms with E-state index in [4.69, 9.17) is 4.74 Å². The highest BCUT2D eigenvalue weighted by Gasteiger charge is 2.47. The van der Waals surface area contributed by atoms with Gasteiger partial charge in [-0.1, -0.05) is 0 Å². The molecule has 5 heteroatoms. The van der Waals surface area contributed by atoms with Gasteiger partial charge in [0.25, 0.3) is 5.56 Å². The summed E-state index contributed by atoms with van der Waals surface area (Å²) in [5, 5.41) is 5.34. The van der Waals surface area contributed by atoms with Gasteiger partial charge in [-0.05, 0) is 53.0 Å². The molecule has 0 spiro atoms. The van der Waals surface area contributed by atoms with Crippen LogP contribution in [0.2, 0.25) is 0 Å². The van der Waals surface area contributed by atoms with Crippen molar-refractivity contribution < 1.29 is 4.74 Å². The largest absolute Gasteiger partial charge is 0.367 e. The molecule has 2 aliphatic heterocycles. The zero-order valence-corrected chi connectivity index (χ0v) is 14.4. The van der Waals surface area contributed by atoms with Gasteiger partial charge in [-0.2, -0.15) is 5.10 Å². The van der Waals surface area contributed by atoms with Gasteiger partial charge >= 0.3 is 0 Å². The number of ether oxygens (including phenoxy) is 1. The maximum atomic E-state index is 13.1. The second kappa shape index (κ2) is 4.69. The standard InChI is InChI=1S/C18H25N3O2/c1-17(2)10-15(18(3,4)23-17)21-16(22)13-9-12-7-5-6-8-20(12)14(13)11-19-21/h9,11,15H,5-8,10H2,1-4H3. The van der Waals surface area contributed by atoms with E-state index in [0.717, 1.165) is 30.3 Å². The monoisotopic (exact) mass is 315 g/mol. The number of aryl methyl sites for hydroxylation is 2. The van der Waals surface area contributed by atoms with E-state index < -0.39 is 5.60 Å². The summed E-state index contributed by atoms with van der Waals surface area (Å²) >= 11 is 0. The van der Waals surface area contributed by atoms with Crippen LogP contribution in [0.4, 0.5) is 0 Å². The van der Waals surface area contributed by atoms with Crippen LogP contribution in [0, 0.1) is 0 Å². The molecular formula is C18H25N3O2. The molecule has 2 aromatic rings. The Morgan fingerprint density at radius 3 is 2.74 bits per heavy atom. The van der Waals surface area contributed by atoms with Crippen LogP contribution in [0.15, 0.2) is 17.1 Å². The van der Waals surface area contributed by atoms with E-state index in [0.29, 0.717) is 0 Å². The lowest BCUT2D eigenvalue weighted by Gasteiger charge is -2.27. The van der Waals surface area contributed by atoms with Crippen LogP contribution in [0.3, 0.4) is 0 Å². The van der Waals surface area contributed by atoms with E-state index in [1.54, 1.807) is 4.68 Å². The quantitative estimate of drug-likeness (QED) is 0.812. The Morgan fingerprint density at radius 1 is 1.26 bits per heavy atom. The SMILES string of the molecule is CC1(C)CC(n2ncc3c(cc4n3CCCC4)c2=O)C(C)(C)O1. The smallest absolute Gasteiger partial charge is 0.276 e. The number of aromatic nitrogens is 3. The molecule has 2 aromatic heterocycles. The van der Waals surface area contributed by atoms with Gasteiger partial charge in [-0.15, -0.1) is 0 Å². The summed E-state index contributed by atoms with van der Waals surface area (Å²) in [5.41, 5.74) is 1.64. The van der Waals surface area contributed by atoms with Gasteiger partial charge in [0, 0.05) is 18.7 Å². The third-order valence-corrected chi connectivity index (χ3v) is 5.35. The van der Waals surface area contributed by atoms with Crippen LogP contribution in [0.25, 0.3) is 10.9 Å². The van der Waals surface area contributed by atoms with Crippen LogP contribution in [-0.4, -0.2) is 25.5 Å². The molecule has 0 aromatic carbocycles. The highest BCUT2D eigenvalue weighted by Crippen LogP contribution is 2.44. The highest BCUT2D eigenvalue weighted by atomic mass is 16.5. The first-order valence-corrected chi connectivity index (χ1v) is 8.59. The van der Waals surface area contributed by atoms with Gasteiger partial charge in [-0.25, -0.2) is 4.68 Å². The Labute approximate surface area is 136 Å². The van der Waals surface area contributed by atoms with Crippen molar-refractivity contribution in [3.8, 4) is 0 Å². The fourth-order valence-electron chi connectivity index (χ4n) is 4.41. The molecule has 124 valence electrons. The molecule has 5 nitrogen and oxygen atoms in total. The van der Waals surface area contributed by atoms with Gasteiger partial charge in [0.15, 0.2) is 0 Å². The average molecular weight is 315 g/mol. The fourth-order valence-corrected chi connectivity index (χ4v) is 4.41. The number of fused-ring (bicyclic) bond motifs is 3. The summed E-state index contributed by atoms with van der Waals surface area (Å²) in [6.07, 6.45) is 6.10. The summed E-state index contributed by atoms with van der Waals surface area (Å²) in [7, 11) is 0. The van der Waals surface area contributed by atoms with Crippen molar-refractivity contribution in [2.24, 2.45) is 0 Å². The second-order valence-corrected chi connectivity index (χ2v) is 8.12. The normalized spacial score (nSPS) is 25.7. The third-order valence-electron chi connectivity index (χ3n) is 5.35. The second-order valence-electron chi connectivity index (χ2n) is 8.12. The fraction of sp³-hybridized carbons (Fsp3) is 0.667. The molecule has 1 unspecified atom stereocenters. The van der Waals surface area contributed by atoms with Gasteiger partial charge in [-0.3, -0.25) is 4.79 Å². The zero-order chi connectivity index (χ0) is 16.4. The zero-order valence-electron chi connectivity index (χ0n) is 14.4. The number of rotatable bonds is 1. The molecule has 0 radical (unpaired) electrons. The Balaban J connectivity index is 1.86. The summed E-state index contributed by atoms with van der Waals surface area (Å²) in [5.74, 6) is 0. The lowest BCUT2D eigenvalue weighted by Crippen LogP contribution is -2.37. The molecule has 0 amide bonds. The van der Waals surface area contributed by atoms with Crippen molar-refractivity contribution in [3.63, 3.8) is 0 Å². The van der Waals surface area contributed by atoms with E-state index in [1.165, 1.54) is 18.5 Å². The van der Waals surface area contributed by atoms with Gasteiger partial charge in [0.05, 0.1) is 34.3 Å². The summed E-state index contributed by atoms with van der Waals surface area (Å²) in [6.45, 7) is 9.25. The maximum Gasteiger partial charge on any atom is 0.276 e. The van der Waals surface area contributed by atoms with Crippen molar-refractivity contribution in [1.29, 1.82) is 0 Å². The predicted molar refractivity (Wildman–Crippen MR) is 89.8 cm³/mol. The van der Waals surface area contributed by atoms with Crippen molar-refractivity contribution in [1.82, 2.24) is 14.3 Å². The Hall–Kier alpha value is -1.62. The van der Waals surface area contributed by atoms with E-state index in [2.05, 4.69) is 43.4 Å². The minimum absolute atomic E-state index is 0.0174. The first kappa shape index (κ1) is 14.9. The minimum Gasteiger partial charge on any atom is -0.367 e. The first-order valence-electron chi connectivity index (χ1n) is 8.59. The lowest BCUT2D eigenvalue weighted by molar-refractivity contribution is -0.0740. The summed E-state index contributed by atoms with van der Waals surface area (Å²) in [6, 6.07) is 2.04. The van der Waals surface area contributed by atoms with Crippen molar-refractivity contribution >= 4 is 10.9 Å². The molecule has 4 heterocycles. The van der Waals surface area contributed by atoms with E-state index in [9.17, 15) is 4.79 Å². The van der Waals surface area contributed by atoms with E-state index in [1.807, 2.05) is 6.20 Å². The van der Waals surface area contributed by atoms with Crippen molar-refractivity contribution in [2.75, 3.05) is 0 Å². The highest BCUT2D eigenvalue weighted by molar-refractivity contribution is 5.79. The van der Waals surface area contributed by atoms with E-state index >= 15 is 0 Å². The molecule has 4 rings (SSSR count). The first-order chi connectivity index (χ1) is 10.8. The molecule has 2 aliphatic rings. The Bertz CT molecular complexity index is 829. The van der Waals surface area contributed by atoms with Crippen LogP contribution in [0.1, 0.15) is 58.7 Å². The van der Waals surface area contributed by atoms with Crippen LogP contribution in [0.5, 0.6) is 0 Å². The lowest BCUT2D eigenvalue weighted by atomic mass is 9.94. The molecule has 0 aliphatic carbocycles. The van der Waals surface area contributed by atoms with E-state index in [-0.39, 0.29) is 17.2 Å². The van der Waals surface area contributed by atoms with Crippen LogP contribution < -0.4 is 5.56 Å². The maximum absolute atomic E-state index is 13.1. The van der Waals surface area contributed by atoms with Gasteiger partial charge < -0.3 is 9.30 Å². The molecule has 0 bridgehead atoms. The van der Waals surface area contributed by atoms with Gasteiger partial charge in [0.1, 0.15) is 0 Å². The minimum atomic E-state index is -0.395. The number of hydrogen-bond acceptors (Lipinski definition) is 3. The van der Waals surface area contributed by atoms with Crippen molar-refractivity contribution in [3.05, 3.63) is 28.3 Å². The Kier molecular flexibility index (Phi) is 3.05. The summed E-state index contributed by atoms with van der Waals surface area (Å²) in [4.78, 5) is 13.1. The molecule has 1 fully saturated rings. The summed E-state index contributed by atoms with van der Waals surface area (Å²) < 4.78 is 10.1.